The summed E-state index contributed by atoms with van der Waals surface area (Å²) >= 11 is 0. The lowest BCUT2D eigenvalue weighted by Crippen LogP contribution is -2.47. The highest BCUT2D eigenvalue weighted by molar-refractivity contribution is 7.90. The summed E-state index contributed by atoms with van der Waals surface area (Å²) in [5.41, 5.74) is 4.66. The van der Waals surface area contributed by atoms with Crippen molar-refractivity contribution in [3.63, 3.8) is 0 Å². The number of fused-ring (bicyclic) bond motifs is 1. The van der Waals surface area contributed by atoms with Crippen molar-refractivity contribution in [3.05, 3.63) is 64.7 Å². The van der Waals surface area contributed by atoms with Gasteiger partial charge < -0.3 is 10.6 Å². The molecule has 0 aromatic heterocycles. The van der Waals surface area contributed by atoms with E-state index < -0.39 is 9.84 Å². The van der Waals surface area contributed by atoms with Crippen molar-refractivity contribution in [1.29, 1.82) is 0 Å². The first kappa shape index (κ1) is 22.3. The van der Waals surface area contributed by atoms with Gasteiger partial charge in [0, 0.05) is 45.5 Å². The molecule has 0 bridgehead atoms. The minimum absolute atomic E-state index is 0.380. The Labute approximate surface area is 180 Å². The molecule has 2 aromatic carbocycles. The van der Waals surface area contributed by atoms with Crippen molar-refractivity contribution < 1.29 is 8.42 Å². The molecule has 2 N–H and O–H groups in total. The Bertz CT molecular complexity index is 1020. The topological polar surface area (TPSA) is 73.8 Å². The summed E-state index contributed by atoms with van der Waals surface area (Å²) in [6, 6.07) is 14.5. The van der Waals surface area contributed by atoms with Crippen LogP contribution in [0.2, 0.25) is 0 Å². The lowest BCUT2D eigenvalue weighted by molar-refractivity contribution is 0.191. The molecule has 2 aromatic rings. The first-order valence-electron chi connectivity index (χ1n) is 10.3. The molecule has 30 heavy (non-hydrogen) atoms. The summed E-state index contributed by atoms with van der Waals surface area (Å²) in [5.74, 6) is 0.740. The fourth-order valence-electron chi connectivity index (χ4n) is 3.91. The van der Waals surface area contributed by atoms with Gasteiger partial charge >= 0.3 is 0 Å². The van der Waals surface area contributed by atoms with Gasteiger partial charge in [0.25, 0.3) is 0 Å². The molecule has 0 saturated heterocycles. The number of rotatable bonds is 6. The Morgan fingerprint density at radius 3 is 2.57 bits per heavy atom. The van der Waals surface area contributed by atoms with Crippen LogP contribution < -0.4 is 10.6 Å². The number of benzene rings is 2. The largest absolute Gasteiger partial charge is 0.355 e. The third-order valence-electron chi connectivity index (χ3n) is 5.67. The molecular formula is C23H32N4O2S. The van der Waals surface area contributed by atoms with E-state index in [1.807, 2.05) is 19.1 Å². The number of aryl methyl sites for hydroxylation is 1. The standard InChI is InChI=1S/C23H32N4O2S/c1-17-13-19(9-10-22(17)30(4,28)29)15-26-23(24-3)25-14-18(2)27-12-11-20-7-5-6-8-21(20)16-27/h5-10,13,18H,11-12,14-16H2,1-4H3,(H2,24,25,26). The van der Waals surface area contributed by atoms with Gasteiger partial charge in [-0.3, -0.25) is 9.89 Å². The average Bonchev–Trinajstić information content (AvgIpc) is 2.72. The quantitative estimate of drug-likeness (QED) is 0.546. The van der Waals surface area contributed by atoms with Crippen LogP contribution in [0.5, 0.6) is 0 Å². The van der Waals surface area contributed by atoms with E-state index in [-0.39, 0.29) is 0 Å². The maximum Gasteiger partial charge on any atom is 0.191 e. The summed E-state index contributed by atoms with van der Waals surface area (Å²) in [7, 11) is -1.44. The van der Waals surface area contributed by atoms with E-state index in [9.17, 15) is 8.42 Å². The van der Waals surface area contributed by atoms with Crippen LogP contribution in [0.25, 0.3) is 0 Å². The van der Waals surface area contributed by atoms with Crippen molar-refractivity contribution in [1.82, 2.24) is 15.5 Å². The maximum absolute atomic E-state index is 11.8. The van der Waals surface area contributed by atoms with E-state index in [4.69, 9.17) is 0 Å². The maximum atomic E-state index is 11.8. The second-order valence-corrected chi connectivity index (χ2v) is 10.0. The van der Waals surface area contributed by atoms with E-state index >= 15 is 0 Å². The first-order valence-corrected chi connectivity index (χ1v) is 12.2. The number of aliphatic imine (C=N–C) groups is 1. The minimum Gasteiger partial charge on any atom is -0.355 e. The predicted octanol–water partition coefficient (Wildman–Crippen LogP) is 2.51. The van der Waals surface area contributed by atoms with Gasteiger partial charge in [0.2, 0.25) is 0 Å². The molecule has 162 valence electrons. The molecule has 1 aliphatic heterocycles. The summed E-state index contributed by atoms with van der Waals surface area (Å²) in [6.07, 6.45) is 2.33. The highest BCUT2D eigenvalue weighted by Crippen LogP contribution is 2.20. The molecule has 0 fully saturated rings. The number of hydrogen-bond acceptors (Lipinski definition) is 4. The van der Waals surface area contributed by atoms with E-state index in [1.165, 1.54) is 17.4 Å². The molecule has 0 amide bonds. The average molecular weight is 429 g/mol. The molecule has 0 radical (unpaired) electrons. The van der Waals surface area contributed by atoms with E-state index in [2.05, 4.69) is 51.7 Å². The Hall–Kier alpha value is -2.38. The molecule has 1 aliphatic rings. The van der Waals surface area contributed by atoms with Gasteiger partial charge in [0.15, 0.2) is 15.8 Å². The zero-order valence-corrected chi connectivity index (χ0v) is 19.1. The fraction of sp³-hybridized carbons (Fsp3) is 0.435. The van der Waals surface area contributed by atoms with Crippen LogP contribution in [0.15, 0.2) is 52.4 Å². The minimum atomic E-state index is -3.19. The molecule has 1 unspecified atom stereocenters. The monoisotopic (exact) mass is 428 g/mol. The number of guanidine groups is 1. The third kappa shape index (κ3) is 5.61. The fourth-order valence-corrected chi connectivity index (χ4v) is 4.87. The lowest BCUT2D eigenvalue weighted by atomic mass is 9.99. The van der Waals surface area contributed by atoms with Crippen LogP contribution in [0.4, 0.5) is 0 Å². The number of nitrogens with one attached hydrogen (secondary N) is 2. The van der Waals surface area contributed by atoms with Crippen LogP contribution in [-0.2, 0) is 29.3 Å². The van der Waals surface area contributed by atoms with Crippen LogP contribution in [-0.4, -0.2) is 51.7 Å². The SMILES string of the molecule is CN=C(NCc1ccc(S(C)(=O)=O)c(C)c1)NCC(C)N1CCc2ccccc2C1. The van der Waals surface area contributed by atoms with Crippen LogP contribution in [0.1, 0.15) is 29.2 Å². The second kappa shape index (κ2) is 9.62. The number of sulfone groups is 1. The molecule has 0 saturated carbocycles. The van der Waals surface area contributed by atoms with Gasteiger partial charge in [0.05, 0.1) is 4.90 Å². The lowest BCUT2D eigenvalue weighted by Gasteiger charge is -2.34. The molecule has 0 aliphatic carbocycles. The highest BCUT2D eigenvalue weighted by Gasteiger charge is 2.20. The highest BCUT2D eigenvalue weighted by atomic mass is 32.2. The predicted molar refractivity (Wildman–Crippen MR) is 123 cm³/mol. The second-order valence-electron chi connectivity index (χ2n) is 8.02. The zero-order valence-electron chi connectivity index (χ0n) is 18.3. The molecule has 1 heterocycles. The van der Waals surface area contributed by atoms with Gasteiger partial charge in [-0.1, -0.05) is 36.4 Å². The van der Waals surface area contributed by atoms with Crippen molar-refractivity contribution in [2.75, 3.05) is 26.4 Å². The smallest absolute Gasteiger partial charge is 0.191 e. The van der Waals surface area contributed by atoms with Crippen molar-refractivity contribution in [3.8, 4) is 0 Å². The molecule has 6 nitrogen and oxygen atoms in total. The molecule has 0 spiro atoms. The summed E-state index contributed by atoms with van der Waals surface area (Å²) in [5, 5.41) is 6.73. The summed E-state index contributed by atoms with van der Waals surface area (Å²) in [4.78, 5) is 7.19. The molecule has 3 rings (SSSR count). The van der Waals surface area contributed by atoms with Crippen molar-refractivity contribution >= 4 is 15.8 Å². The van der Waals surface area contributed by atoms with Gasteiger partial charge in [-0.15, -0.1) is 0 Å². The summed E-state index contributed by atoms with van der Waals surface area (Å²) < 4.78 is 23.6. The first-order chi connectivity index (χ1) is 14.3. The Kier molecular flexibility index (Phi) is 7.15. The van der Waals surface area contributed by atoms with Gasteiger partial charge in [0.1, 0.15) is 0 Å². The number of nitrogens with zero attached hydrogens (tertiary/aromatic N) is 2. The molecule has 1 atom stereocenters. The van der Waals surface area contributed by atoms with Crippen LogP contribution in [0.3, 0.4) is 0 Å². The van der Waals surface area contributed by atoms with Crippen molar-refractivity contribution in [2.24, 2.45) is 4.99 Å². The molecular weight excluding hydrogens is 396 g/mol. The molecule has 7 heteroatoms. The third-order valence-corrected chi connectivity index (χ3v) is 6.93. The van der Waals surface area contributed by atoms with E-state index in [0.717, 1.165) is 43.1 Å². The van der Waals surface area contributed by atoms with Gasteiger partial charge in [-0.25, -0.2) is 8.42 Å². The Balaban J connectivity index is 1.51. The van der Waals surface area contributed by atoms with E-state index in [1.54, 1.807) is 13.1 Å². The Morgan fingerprint density at radius 2 is 1.90 bits per heavy atom. The van der Waals surface area contributed by atoms with Crippen molar-refractivity contribution in [2.45, 2.75) is 44.3 Å². The zero-order chi connectivity index (χ0) is 21.7. The van der Waals surface area contributed by atoms with Crippen LogP contribution >= 0.6 is 0 Å². The normalized spacial score (nSPS) is 16.1. The van der Waals surface area contributed by atoms with E-state index in [0.29, 0.717) is 17.5 Å². The Morgan fingerprint density at radius 1 is 1.17 bits per heavy atom. The summed E-state index contributed by atoms with van der Waals surface area (Å²) in [6.45, 7) is 7.49. The van der Waals surface area contributed by atoms with Crippen LogP contribution in [0, 0.1) is 6.92 Å². The van der Waals surface area contributed by atoms with Gasteiger partial charge in [-0.05, 0) is 48.6 Å². The number of hydrogen-bond donors (Lipinski definition) is 2. The van der Waals surface area contributed by atoms with Gasteiger partial charge in [-0.2, -0.15) is 0 Å².